The number of sulfonamides is 1. The number of rotatable bonds is 8. The van der Waals surface area contributed by atoms with Gasteiger partial charge in [-0.2, -0.15) is 0 Å². The number of carbonyl (C=O) groups is 1. The van der Waals surface area contributed by atoms with E-state index in [1.54, 1.807) is 24.3 Å². The van der Waals surface area contributed by atoms with E-state index in [9.17, 15) is 13.2 Å². The summed E-state index contributed by atoms with van der Waals surface area (Å²) in [6, 6.07) is 14.3. The van der Waals surface area contributed by atoms with Gasteiger partial charge < -0.3 is 10.1 Å². The molecule has 0 fully saturated rings. The van der Waals surface area contributed by atoms with E-state index in [1.807, 2.05) is 31.2 Å². The predicted molar refractivity (Wildman–Crippen MR) is 109 cm³/mol. The molecule has 1 N–H and O–H groups in total. The molecule has 1 amide bonds. The molecule has 2 aromatic rings. The van der Waals surface area contributed by atoms with E-state index in [0.717, 1.165) is 17.0 Å². The molecule has 2 rings (SSSR count). The fourth-order valence-corrected chi connectivity index (χ4v) is 2.98. The fraction of sp³-hybridized carbons (Fsp3) is 0.350. The number of benzene rings is 2. The normalized spacial score (nSPS) is 12.3. The zero-order valence-corrected chi connectivity index (χ0v) is 16.9. The van der Waals surface area contributed by atoms with E-state index in [1.165, 1.54) is 12.6 Å². The fourth-order valence-electron chi connectivity index (χ4n) is 2.48. The molecule has 0 aliphatic carbocycles. The molecule has 0 radical (unpaired) electrons. The number of amides is 1. The van der Waals surface area contributed by atoms with Crippen molar-refractivity contribution in [2.45, 2.75) is 32.8 Å². The molecule has 0 saturated carbocycles. The molecule has 0 unspecified atom stereocenters. The van der Waals surface area contributed by atoms with Gasteiger partial charge in [0.05, 0.1) is 11.9 Å². The van der Waals surface area contributed by atoms with Gasteiger partial charge in [-0.05, 0) is 48.7 Å². The van der Waals surface area contributed by atoms with E-state index in [4.69, 9.17) is 4.74 Å². The van der Waals surface area contributed by atoms with Gasteiger partial charge in [-0.25, -0.2) is 8.42 Å². The van der Waals surface area contributed by atoms with Gasteiger partial charge in [0.1, 0.15) is 5.75 Å². The quantitative estimate of drug-likeness (QED) is 0.749. The van der Waals surface area contributed by atoms with Crippen LogP contribution in [-0.4, -0.2) is 33.7 Å². The maximum Gasteiger partial charge on any atom is 0.265 e. The Labute approximate surface area is 161 Å². The summed E-state index contributed by atoms with van der Waals surface area (Å²) in [5.41, 5.74) is 2.18. The first-order valence-corrected chi connectivity index (χ1v) is 10.7. The van der Waals surface area contributed by atoms with E-state index in [2.05, 4.69) is 12.2 Å². The zero-order valence-electron chi connectivity index (χ0n) is 16.1. The molecule has 0 aromatic heterocycles. The highest BCUT2D eigenvalue weighted by atomic mass is 32.2. The Balaban J connectivity index is 2.09. The SMILES string of the molecule is CCc1ccc(O[C@@H](CC)C(=O)Nc2cccc(N(C)S(C)(=O)=O)c2)cc1. The lowest BCUT2D eigenvalue weighted by molar-refractivity contribution is -0.122. The lowest BCUT2D eigenvalue weighted by Crippen LogP contribution is -2.32. The zero-order chi connectivity index (χ0) is 20.0. The first-order chi connectivity index (χ1) is 12.7. The number of carbonyl (C=O) groups excluding carboxylic acids is 1. The van der Waals surface area contributed by atoms with Gasteiger partial charge in [0, 0.05) is 12.7 Å². The Hall–Kier alpha value is -2.54. The van der Waals surface area contributed by atoms with Gasteiger partial charge in [-0.1, -0.05) is 32.0 Å². The summed E-state index contributed by atoms with van der Waals surface area (Å²) in [5, 5.41) is 2.80. The van der Waals surface area contributed by atoms with E-state index in [0.29, 0.717) is 23.5 Å². The largest absolute Gasteiger partial charge is 0.481 e. The minimum absolute atomic E-state index is 0.281. The van der Waals surface area contributed by atoms with Crippen LogP contribution < -0.4 is 14.4 Å². The van der Waals surface area contributed by atoms with E-state index < -0.39 is 16.1 Å². The van der Waals surface area contributed by atoms with Crippen LogP contribution in [0, 0.1) is 0 Å². The lowest BCUT2D eigenvalue weighted by atomic mass is 10.1. The van der Waals surface area contributed by atoms with Gasteiger partial charge in [0.2, 0.25) is 10.0 Å². The van der Waals surface area contributed by atoms with Crippen molar-refractivity contribution in [2.75, 3.05) is 22.9 Å². The number of hydrogen-bond donors (Lipinski definition) is 1. The molecule has 0 spiro atoms. The monoisotopic (exact) mass is 390 g/mol. The molecular weight excluding hydrogens is 364 g/mol. The summed E-state index contributed by atoms with van der Waals surface area (Å²) in [5.74, 6) is 0.357. The number of hydrogen-bond acceptors (Lipinski definition) is 4. The molecule has 0 aliphatic heterocycles. The van der Waals surface area contributed by atoms with Crippen LogP contribution in [0.2, 0.25) is 0 Å². The van der Waals surface area contributed by atoms with Crippen LogP contribution in [0.5, 0.6) is 5.75 Å². The summed E-state index contributed by atoms with van der Waals surface area (Å²) in [6.07, 6.45) is 1.93. The van der Waals surface area contributed by atoms with Crippen molar-refractivity contribution in [3.8, 4) is 5.75 Å². The van der Waals surface area contributed by atoms with Crippen molar-refractivity contribution in [2.24, 2.45) is 0 Å². The number of ether oxygens (including phenoxy) is 1. The second kappa shape index (κ2) is 8.90. The smallest absolute Gasteiger partial charge is 0.265 e. The molecule has 6 nitrogen and oxygen atoms in total. The van der Waals surface area contributed by atoms with Crippen molar-refractivity contribution in [3.63, 3.8) is 0 Å². The molecule has 0 heterocycles. The van der Waals surface area contributed by atoms with Crippen LogP contribution in [0.1, 0.15) is 25.8 Å². The van der Waals surface area contributed by atoms with Gasteiger partial charge in [0.15, 0.2) is 6.10 Å². The molecule has 146 valence electrons. The van der Waals surface area contributed by atoms with Crippen molar-refractivity contribution in [3.05, 3.63) is 54.1 Å². The second-order valence-corrected chi connectivity index (χ2v) is 8.30. The third-order valence-corrected chi connectivity index (χ3v) is 5.45. The number of nitrogens with zero attached hydrogens (tertiary/aromatic N) is 1. The van der Waals surface area contributed by atoms with Crippen molar-refractivity contribution in [1.82, 2.24) is 0 Å². The average Bonchev–Trinajstić information content (AvgIpc) is 2.65. The summed E-state index contributed by atoms with van der Waals surface area (Å²) < 4.78 is 30.3. The van der Waals surface area contributed by atoms with Gasteiger partial charge >= 0.3 is 0 Å². The third-order valence-electron chi connectivity index (χ3n) is 4.25. The highest BCUT2D eigenvalue weighted by molar-refractivity contribution is 7.92. The molecular formula is C20H26N2O4S. The van der Waals surface area contributed by atoms with Crippen LogP contribution >= 0.6 is 0 Å². The van der Waals surface area contributed by atoms with Crippen LogP contribution in [-0.2, 0) is 21.2 Å². The summed E-state index contributed by atoms with van der Waals surface area (Å²) >= 11 is 0. The minimum Gasteiger partial charge on any atom is -0.481 e. The van der Waals surface area contributed by atoms with Gasteiger partial charge in [-0.3, -0.25) is 9.10 Å². The van der Waals surface area contributed by atoms with E-state index in [-0.39, 0.29) is 5.91 Å². The summed E-state index contributed by atoms with van der Waals surface area (Å²) in [4.78, 5) is 12.6. The molecule has 27 heavy (non-hydrogen) atoms. The highest BCUT2D eigenvalue weighted by Gasteiger charge is 2.19. The summed E-state index contributed by atoms with van der Waals surface area (Å²) in [6.45, 7) is 3.95. The van der Waals surface area contributed by atoms with Crippen molar-refractivity contribution in [1.29, 1.82) is 0 Å². The third kappa shape index (κ3) is 5.72. The predicted octanol–water partition coefficient (Wildman–Crippen LogP) is 3.44. The summed E-state index contributed by atoms with van der Waals surface area (Å²) in [7, 11) is -1.91. The minimum atomic E-state index is -3.37. The van der Waals surface area contributed by atoms with Crippen molar-refractivity contribution >= 4 is 27.3 Å². The Morgan fingerprint density at radius 1 is 1.15 bits per heavy atom. The number of aryl methyl sites for hydroxylation is 1. The molecule has 1 atom stereocenters. The lowest BCUT2D eigenvalue weighted by Gasteiger charge is -2.19. The van der Waals surface area contributed by atoms with Gasteiger partial charge in [-0.15, -0.1) is 0 Å². The molecule has 0 aliphatic rings. The van der Waals surface area contributed by atoms with Crippen molar-refractivity contribution < 1.29 is 17.9 Å². The standard InChI is InChI=1S/C20H26N2O4S/c1-5-15-10-12-18(13-11-15)26-19(6-2)20(23)21-16-8-7-9-17(14-16)22(3)27(4,24)25/h7-14,19H,5-6H2,1-4H3,(H,21,23)/t19-/m0/s1. The highest BCUT2D eigenvalue weighted by Crippen LogP contribution is 2.21. The molecule has 2 aromatic carbocycles. The number of anilines is 2. The Morgan fingerprint density at radius 3 is 2.37 bits per heavy atom. The average molecular weight is 391 g/mol. The van der Waals surface area contributed by atoms with E-state index >= 15 is 0 Å². The maximum absolute atomic E-state index is 12.6. The Kier molecular flexibility index (Phi) is 6.85. The number of nitrogens with one attached hydrogen (secondary N) is 1. The second-order valence-electron chi connectivity index (χ2n) is 6.28. The van der Waals surface area contributed by atoms with Crippen LogP contribution in [0.3, 0.4) is 0 Å². The Bertz CT molecular complexity index is 879. The first-order valence-electron chi connectivity index (χ1n) is 8.85. The molecule has 7 heteroatoms. The van der Waals surface area contributed by atoms with Crippen LogP contribution in [0.25, 0.3) is 0 Å². The maximum atomic E-state index is 12.6. The molecule has 0 bridgehead atoms. The van der Waals surface area contributed by atoms with Gasteiger partial charge in [0.25, 0.3) is 5.91 Å². The Morgan fingerprint density at radius 2 is 1.81 bits per heavy atom. The van der Waals surface area contributed by atoms with Crippen LogP contribution in [0.15, 0.2) is 48.5 Å². The molecule has 0 saturated heterocycles. The first kappa shape index (κ1) is 20.8. The van der Waals surface area contributed by atoms with Crippen LogP contribution in [0.4, 0.5) is 11.4 Å². The topological polar surface area (TPSA) is 75.7 Å².